The van der Waals surface area contributed by atoms with E-state index in [0.717, 1.165) is 33.4 Å². The van der Waals surface area contributed by atoms with Crippen LogP contribution in [0, 0.1) is 11.6 Å². The molecule has 3 nitrogen and oxygen atoms in total. The Morgan fingerprint density at radius 2 is 2.00 bits per heavy atom. The first-order valence-corrected chi connectivity index (χ1v) is 7.53. The first-order valence-electron chi connectivity index (χ1n) is 6.71. The summed E-state index contributed by atoms with van der Waals surface area (Å²) in [5.41, 5.74) is 0.634. The second-order valence-electron chi connectivity index (χ2n) is 4.71. The lowest BCUT2D eigenvalue weighted by molar-refractivity contribution is 0.0949. The highest BCUT2D eigenvalue weighted by Crippen LogP contribution is 2.21. The van der Waals surface area contributed by atoms with Gasteiger partial charge in [-0.1, -0.05) is 12.1 Å². The topological polar surface area (TPSA) is 42.0 Å². The number of amides is 1. The van der Waals surface area contributed by atoms with Gasteiger partial charge >= 0.3 is 0 Å². The van der Waals surface area contributed by atoms with Gasteiger partial charge in [0.15, 0.2) is 0 Å². The standard InChI is InChI=1S/C16H12F2N2OS/c17-10-5-6-12(18)11(9-10)16(21)19-8-7-15-20-13-3-1-2-4-14(13)22-15/h1-6,9H,7-8H2,(H,19,21). The maximum atomic E-state index is 13.5. The highest BCUT2D eigenvalue weighted by molar-refractivity contribution is 7.18. The lowest BCUT2D eigenvalue weighted by atomic mass is 10.2. The average Bonchev–Trinajstić information content (AvgIpc) is 2.92. The Kier molecular flexibility index (Phi) is 4.11. The number of hydrogen-bond acceptors (Lipinski definition) is 3. The van der Waals surface area contributed by atoms with E-state index in [2.05, 4.69) is 10.3 Å². The predicted molar refractivity (Wildman–Crippen MR) is 82.0 cm³/mol. The Morgan fingerprint density at radius 3 is 2.82 bits per heavy atom. The maximum Gasteiger partial charge on any atom is 0.254 e. The first-order chi connectivity index (χ1) is 10.6. The smallest absolute Gasteiger partial charge is 0.254 e. The van der Waals surface area contributed by atoms with Crippen molar-refractivity contribution in [3.8, 4) is 0 Å². The van der Waals surface area contributed by atoms with Crippen LogP contribution in [-0.2, 0) is 6.42 Å². The minimum atomic E-state index is -0.737. The van der Waals surface area contributed by atoms with E-state index in [4.69, 9.17) is 0 Å². The Balaban J connectivity index is 1.62. The third kappa shape index (κ3) is 3.12. The van der Waals surface area contributed by atoms with Crippen LogP contribution in [0.5, 0.6) is 0 Å². The normalized spacial score (nSPS) is 10.8. The molecule has 1 N–H and O–H groups in total. The van der Waals surface area contributed by atoms with Crippen molar-refractivity contribution in [1.82, 2.24) is 10.3 Å². The van der Waals surface area contributed by atoms with E-state index in [1.54, 1.807) is 11.3 Å². The average molecular weight is 318 g/mol. The number of fused-ring (bicyclic) bond motifs is 1. The Hall–Kier alpha value is -2.34. The number of nitrogens with zero attached hydrogens (tertiary/aromatic N) is 1. The van der Waals surface area contributed by atoms with Crippen LogP contribution >= 0.6 is 11.3 Å². The number of halogens is 2. The quantitative estimate of drug-likeness (QED) is 0.799. The van der Waals surface area contributed by atoms with Gasteiger partial charge in [-0.05, 0) is 30.3 Å². The summed E-state index contributed by atoms with van der Waals surface area (Å²) in [5.74, 6) is -2.00. The molecule has 1 aromatic heterocycles. The fraction of sp³-hybridized carbons (Fsp3) is 0.125. The van der Waals surface area contributed by atoms with Gasteiger partial charge in [0.25, 0.3) is 5.91 Å². The fourth-order valence-corrected chi connectivity index (χ4v) is 3.04. The molecule has 0 fully saturated rings. The number of thiazole rings is 1. The number of carbonyl (C=O) groups excluding carboxylic acids is 1. The summed E-state index contributed by atoms with van der Waals surface area (Å²) in [6, 6.07) is 10.6. The lowest BCUT2D eigenvalue weighted by Crippen LogP contribution is -2.26. The van der Waals surface area contributed by atoms with Crippen molar-refractivity contribution in [2.75, 3.05) is 6.54 Å². The molecule has 0 radical (unpaired) electrons. The second-order valence-corrected chi connectivity index (χ2v) is 5.82. The highest BCUT2D eigenvalue weighted by Gasteiger charge is 2.12. The summed E-state index contributed by atoms with van der Waals surface area (Å²) in [4.78, 5) is 16.3. The SMILES string of the molecule is O=C(NCCc1nc2ccccc2s1)c1cc(F)ccc1F. The molecule has 0 saturated heterocycles. The monoisotopic (exact) mass is 318 g/mol. The molecule has 0 spiro atoms. The van der Waals surface area contributed by atoms with Crippen LogP contribution in [-0.4, -0.2) is 17.4 Å². The van der Waals surface area contributed by atoms with Crippen LogP contribution < -0.4 is 5.32 Å². The third-order valence-corrected chi connectivity index (χ3v) is 4.23. The molecule has 3 aromatic rings. The minimum Gasteiger partial charge on any atom is -0.352 e. The van der Waals surface area contributed by atoms with Crippen molar-refractivity contribution in [2.45, 2.75) is 6.42 Å². The molecule has 0 unspecified atom stereocenters. The molecule has 22 heavy (non-hydrogen) atoms. The molecule has 0 aliphatic rings. The molecule has 0 atom stereocenters. The largest absolute Gasteiger partial charge is 0.352 e. The van der Waals surface area contributed by atoms with E-state index in [-0.39, 0.29) is 5.56 Å². The zero-order valence-corrected chi connectivity index (χ0v) is 12.3. The number of carbonyl (C=O) groups is 1. The third-order valence-electron chi connectivity index (χ3n) is 3.14. The van der Waals surface area contributed by atoms with Crippen molar-refractivity contribution in [1.29, 1.82) is 0 Å². The van der Waals surface area contributed by atoms with Crippen LogP contribution in [0.2, 0.25) is 0 Å². The summed E-state index contributed by atoms with van der Waals surface area (Å²) < 4.78 is 27.6. The molecule has 1 amide bonds. The van der Waals surface area contributed by atoms with Crippen molar-refractivity contribution in [3.63, 3.8) is 0 Å². The second kappa shape index (κ2) is 6.19. The molecule has 3 rings (SSSR count). The number of rotatable bonds is 4. The lowest BCUT2D eigenvalue weighted by Gasteiger charge is -2.05. The molecule has 0 aliphatic carbocycles. The Morgan fingerprint density at radius 1 is 1.18 bits per heavy atom. The molecule has 0 aliphatic heterocycles. The van der Waals surface area contributed by atoms with Gasteiger partial charge in [0, 0.05) is 13.0 Å². The molecule has 0 saturated carbocycles. The van der Waals surface area contributed by atoms with Crippen molar-refractivity contribution in [3.05, 3.63) is 64.7 Å². The Bertz CT molecular complexity index is 799. The highest BCUT2D eigenvalue weighted by atomic mass is 32.1. The summed E-state index contributed by atoms with van der Waals surface area (Å²) in [6.45, 7) is 0.314. The van der Waals surface area contributed by atoms with Crippen LogP contribution in [0.15, 0.2) is 42.5 Å². The van der Waals surface area contributed by atoms with Crippen LogP contribution in [0.1, 0.15) is 15.4 Å². The molecular weight excluding hydrogens is 306 g/mol. The summed E-state index contributed by atoms with van der Waals surface area (Å²) in [6.07, 6.45) is 0.544. The van der Waals surface area contributed by atoms with E-state index >= 15 is 0 Å². The number of aromatic nitrogens is 1. The zero-order valence-electron chi connectivity index (χ0n) is 11.5. The van der Waals surface area contributed by atoms with Gasteiger partial charge < -0.3 is 5.32 Å². The molecular formula is C16H12F2N2OS. The molecule has 6 heteroatoms. The number of nitrogens with one attached hydrogen (secondary N) is 1. The van der Waals surface area contributed by atoms with E-state index in [1.165, 1.54) is 0 Å². The van der Waals surface area contributed by atoms with Gasteiger partial charge in [-0.15, -0.1) is 11.3 Å². The van der Waals surface area contributed by atoms with Gasteiger partial charge in [-0.25, -0.2) is 13.8 Å². The van der Waals surface area contributed by atoms with Gasteiger partial charge in [0.05, 0.1) is 20.8 Å². The van der Waals surface area contributed by atoms with Crippen molar-refractivity contribution >= 4 is 27.5 Å². The summed E-state index contributed by atoms with van der Waals surface area (Å²) in [7, 11) is 0. The van der Waals surface area contributed by atoms with E-state index in [1.807, 2.05) is 24.3 Å². The van der Waals surface area contributed by atoms with Crippen LogP contribution in [0.3, 0.4) is 0 Å². The number of hydrogen-bond donors (Lipinski definition) is 1. The predicted octanol–water partition coefficient (Wildman–Crippen LogP) is 3.55. The number of benzene rings is 2. The van der Waals surface area contributed by atoms with Gasteiger partial charge in [0.1, 0.15) is 11.6 Å². The fourth-order valence-electron chi connectivity index (χ4n) is 2.08. The molecule has 0 bridgehead atoms. The maximum absolute atomic E-state index is 13.5. The molecule has 2 aromatic carbocycles. The first kappa shape index (κ1) is 14.6. The molecule has 1 heterocycles. The van der Waals surface area contributed by atoms with E-state index in [9.17, 15) is 13.6 Å². The van der Waals surface area contributed by atoms with Crippen molar-refractivity contribution < 1.29 is 13.6 Å². The zero-order chi connectivity index (χ0) is 15.5. The number of para-hydroxylation sites is 1. The van der Waals surface area contributed by atoms with Gasteiger partial charge in [-0.3, -0.25) is 4.79 Å². The van der Waals surface area contributed by atoms with Gasteiger partial charge in [0.2, 0.25) is 0 Å². The van der Waals surface area contributed by atoms with Crippen LogP contribution in [0.4, 0.5) is 8.78 Å². The van der Waals surface area contributed by atoms with Gasteiger partial charge in [-0.2, -0.15) is 0 Å². The van der Waals surface area contributed by atoms with E-state index in [0.29, 0.717) is 13.0 Å². The van der Waals surface area contributed by atoms with Crippen molar-refractivity contribution in [2.24, 2.45) is 0 Å². The minimum absolute atomic E-state index is 0.288. The molecule has 112 valence electrons. The summed E-state index contributed by atoms with van der Waals surface area (Å²) in [5, 5.41) is 3.47. The van der Waals surface area contributed by atoms with E-state index < -0.39 is 17.5 Å². The Labute approximate surface area is 129 Å². The van der Waals surface area contributed by atoms with Crippen LogP contribution in [0.25, 0.3) is 10.2 Å². The summed E-state index contributed by atoms with van der Waals surface area (Å²) >= 11 is 1.55.